The lowest BCUT2D eigenvalue weighted by atomic mass is 10.2. The number of carbonyl (C=O) groups is 2. The Kier molecular flexibility index (Phi) is 5.11. The molecule has 20 heavy (non-hydrogen) atoms. The Labute approximate surface area is 116 Å². The van der Waals surface area contributed by atoms with Crippen molar-refractivity contribution >= 4 is 30.2 Å². The van der Waals surface area contributed by atoms with Gasteiger partial charge in [0.25, 0.3) is 0 Å². The van der Waals surface area contributed by atoms with Crippen LogP contribution in [-0.4, -0.2) is 37.1 Å². The zero-order chi connectivity index (χ0) is 15.3. The van der Waals surface area contributed by atoms with Crippen LogP contribution in [0.4, 0.5) is 10.5 Å². The van der Waals surface area contributed by atoms with E-state index in [1.165, 1.54) is 24.3 Å². The van der Waals surface area contributed by atoms with E-state index in [0.29, 0.717) is 5.30 Å². The average molecular weight is 297 g/mol. The largest absolute Gasteiger partial charge is 0.478 e. The van der Waals surface area contributed by atoms with Crippen LogP contribution in [0, 0.1) is 0 Å². The summed E-state index contributed by atoms with van der Waals surface area (Å²) in [6.45, 7) is 6.52. The van der Waals surface area contributed by atoms with E-state index in [1.54, 1.807) is 13.3 Å². The molecular formula is C13H16NO5P. The van der Waals surface area contributed by atoms with Crippen molar-refractivity contribution in [2.24, 2.45) is 0 Å². The van der Waals surface area contributed by atoms with Crippen LogP contribution in [0.15, 0.2) is 30.9 Å². The molecule has 0 spiro atoms. The normalized spacial score (nSPS) is 10.7. The number of hydrogen-bond acceptors (Lipinski definition) is 4. The Bertz CT molecular complexity index is 590. The zero-order valence-corrected chi connectivity index (χ0v) is 12.1. The summed E-state index contributed by atoms with van der Waals surface area (Å²) in [6.07, 6.45) is 0.590. The molecule has 0 atom stereocenters. The first-order chi connectivity index (χ1) is 9.25. The average Bonchev–Trinajstić information content (AvgIpc) is 2.34. The van der Waals surface area contributed by atoms with Gasteiger partial charge in [-0.05, 0) is 25.5 Å². The van der Waals surface area contributed by atoms with Crippen molar-refractivity contribution in [3.63, 3.8) is 0 Å². The maximum Gasteiger partial charge on any atom is 0.411 e. The number of rotatable bonds is 5. The molecule has 2 N–H and O–H groups in total. The fourth-order valence-corrected chi connectivity index (χ4v) is 2.31. The summed E-state index contributed by atoms with van der Waals surface area (Å²) in [5, 5.41) is 11.9. The van der Waals surface area contributed by atoms with Crippen LogP contribution < -0.4 is 10.6 Å². The van der Waals surface area contributed by atoms with Gasteiger partial charge in [-0.15, -0.1) is 0 Å². The van der Waals surface area contributed by atoms with E-state index in [1.807, 2.05) is 0 Å². The number of anilines is 1. The van der Waals surface area contributed by atoms with Crippen LogP contribution >= 0.6 is 7.14 Å². The summed E-state index contributed by atoms with van der Waals surface area (Å²) < 4.78 is 16.7. The van der Waals surface area contributed by atoms with Gasteiger partial charge in [0.1, 0.15) is 13.7 Å². The van der Waals surface area contributed by atoms with Crippen molar-refractivity contribution in [3.8, 4) is 0 Å². The SMILES string of the molecule is C=CCOC(=O)Nc1cc(P(C)(C)=O)ccc1C(=O)O. The second-order valence-electron chi connectivity index (χ2n) is 4.40. The molecule has 1 rings (SSSR count). The lowest BCUT2D eigenvalue weighted by molar-refractivity contribution is 0.0698. The van der Waals surface area contributed by atoms with E-state index >= 15 is 0 Å². The van der Waals surface area contributed by atoms with Crippen molar-refractivity contribution in [1.82, 2.24) is 0 Å². The van der Waals surface area contributed by atoms with Crippen LogP contribution in [0.5, 0.6) is 0 Å². The lowest BCUT2D eigenvalue weighted by Gasteiger charge is -2.12. The monoisotopic (exact) mass is 297 g/mol. The van der Waals surface area contributed by atoms with Gasteiger partial charge in [-0.3, -0.25) is 5.32 Å². The van der Waals surface area contributed by atoms with Crippen LogP contribution in [0.1, 0.15) is 10.4 Å². The number of nitrogens with one attached hydrogen (secondary N) is 1. The molecule has 0 aliphatic rings. The molecule has 0 fully saturated rings. The minimum Gasteiger partial charge on any atom is -0.478 e. The minimum atomic E-state index is -2.56. The number of benzene rings is 1. The quantitative estimate of drug-likeness (QED) is 0.643. The fraction of sp³-hybridized carbons (Fsp3) is 0.231. The predicted octanol–water partition coefficient (Wildman–Crippen LogP) is 2.37. The summed E-state index contributed by atoms with van der Waals surface area (Å²) in [6, 6.07) is 4.17. The van der Waals surface area contributed by atoms with E-state index in [4.69, 9.17) is 9.84 Å². The smallest absolute Gasteiger partial charge is 0.411 e. The Morgan fingerprint density at radius 1 is 1.45 bits per heavy atom. The number of ether oxygens (including phenoxy) is 1. The van der Waals surface area contributed by atoms with Gasteiger partial charge in [0, 0.05) is 5.30 Å². The maximum absolute atomic E-state index is 12.0. The summed E-state index contributed by atoms with van der Waals surface area (Å²) >= 11 is 0. The molecule has 0 aliphatic heterocycles. The molecule has 7 heteroatoms. The molecule has 0 heterocycles. The highest BCUT2D eigenvalue weighted by atomic mass is 31.2. The number of carboxylic acids is 1. The standard InChI is InChI=1S/C13H16NO5P/c1-4-7-19-13(17)14-11-8-9(20(2,3)18)5-6-10(11)12(15)16/h4-6,8H,1,7H2,2-3H3,(H,14,17)(H,15,16). The van der Waals surface area contributed by atoms with Gasteiger partial charge < -0.3 is 14.4 Å². The summed E-state index contributed by atoms with van der Waals surface area (Å²) in [5.74, 6) is -1.20. The molecule has 0 aromatic heterocycles. The van der Waals surface area contributed by atoms with E-state index in [0.717, 1.165) is 0 Å². The molecule has 1 amide bonds. The van der Waals surface area contributed by atoms with Gasteiger partial charge >= 0.3 is 12.1 Å². The van der Waals surface area contributed by atoms with Crippen molar-refractivity contribution in [3.05, 3.63) is 36.4 Å². The van der Waals surface area contributed by atoms with Gasteiger partial charge in [-0.1, -0.05) is 18.7 Å². The minimum absolute atomic E-state index is 0.00791. The molecule has 0 bridgehead atoms. The second kappa shape index (κ2) is 6.39. The van der Waals surface area contributed by atoms with Crippen LogP contribution in [0.3, 0.4) is 0 Å². The lowest BCUT2D eigenvalue weighted by Crippen LogP contribution is -2.18. The number of carbonyl (C=O) groups excluding carboxylic acids is 1. The van der Waals surface area contributed by atoms with E-state index in [-0.39, 0.29) is 17.9 Å². The Morgan fingerprint density at radius 2 is 2.10 bits per heavy atom. The Hall–Kier alpha value is -2.07. The molecule has 1 aromatic rings. The number of carboxylic acid groups (broad SMARTS) is 1. The molecular weight excluding hydrogens is 281 g/mol. The first-order valence-corrected chi connectivity index (χ1v) is 8.33. The topological polar surface area (TPSA) is 92.7 Å². The van der Waals surface area contributed by atoms with Crippen LogP contribution in [-0.2, 0) is 9.30 Å². The van der Waals surface area contributed by atoms with E-state index < -0.39 is 19.2 Å². The molecule has 0 radical (unpaired) electrons. The van der Waals surface area contributed by atoms with Gasteiger partial charge in [-0.25, -0.2) is 9.59 Å². The third-order valence-electron chi connectivity index (χ3n) is 2.42. The molecule has 1 aromatic carbocycles. The first-order valence-electron chi connectivity index (χ1n) is 5.73. The number of hydrogen-bond donors (Lipinski definition) is 2. The van der Waals surface area contributed by atoms with Gasteiger partial charge in [0.2, 0.25) is 0 Å². The highest BCUT2D eigenvalue weighted by Gasteiger charge is 2.18. The van der Waals surface area contributed by atoms with Gasteiger partial charge in [-0.2, -0.15) is 0 Å². The van der Waals surface area contributed by atoms with Crippen molar-refractivity contribution in [1.29, 1.82) is 0 Å². The van der Waals surface area contributed by atoms with E-state index in [9.17, 15) is 14.2 Å². The molecule has 0 saturated carbocycles. The third-order valence-corrected chi connectivity index (χ3v) is 3.95. The predicted molar refractivity (Wildman–Crippen MR) is 77.7 cm³/mol. The van der Waals surface area contributed by atoms with Crippen LogP contribution in [0.2, 0.25) is 0 Å². The highest BCUT2D eigenvalue weighted by molar-refractivity contribution is 7.70. The van der Waals surface area contributed by atoms with Crippen molar-refractivity contribution in [2.45, 2.75) is 0 Å². The number of amides is 1. The molecule has 6 nitrogen and oxygen atoms in total. The van der Waals surface area contributed by atoms with Gasteiger partial charge in [0.15, 0.2) is 0 Å². The molecule has 0 saturated heterocycles. The Morgan fingerprint density at radius 3 is 2.60 bits per heavy atom. The Balaban J connectivity index is 3.13. The molecule has 108 valence electrons. The van der Waals surface area contributed by atoms with Crippen molar-refractivity contribution in [2.75, 3.05) is 25.3 Å². The fourth-order valence-electron chi connectivity index (χ4n) is 1.44. The van der Waals surface area contributed by atoms with Crippen molar-refractivity contribution < 1.29 is 24.0 Å². The summed E-state index contributed by atoms with van der Waals surface area (Å²) in [5.41, 5.74) is -0.0502. The summed E-state index contributed by atoms with van der Waals surface area (Å²) in [7, 11) is -2.56. The third kappa shape index (κ3) is 4.24. The molecule has 0 aliphatic carbocycles. The first kappa shape index (κ1) is 16.0. The molecule has 0 unspecified atom stereocenters. The maximum atomic E-state index is 12.0. The van der Waals surface area contributed by atoms with Crippen LogP contribution in [0.25, 0.3) is 0 Å². The zero-order valence-electron chi connectivity index (χ0n) is 11.3. The number of aromatic carboxylic acids is 1. The highest BCUT2D eigenvalue weighted by Crippen LogP contribution is 2.35. The van der Waals surface area contributed by atoms with Gasteiger partial charge in [0.05, 0.1) is 11.3 Å². The van der Waals surface area contributed by atoms with E-state index in [2.05, 4.69) is 11.9 Å². The summed E-state index contributed by atoms with van der Waals surface area (Å²) in [4.78, 5) is 22.6. The second-order valence-corrected chi connectivity index (χ2v) is 7.62.